The molecule has 6 nitrogen and oxygen atoms in total. The fourth-order valence-corrected chi connectivity index (χ4v) is 6.43. The lowest BCUT2D eigenvalue weighted by molar-refractivity contribution is 0.337. The molecule has 0 saturated carbocycles. The molecule has 1 atom stereocenters. The Balaban J connectivity index is 1.94. The lowest BCUT2D eigenvalue weighted by Crippen LogP contribution is -2.26. The van der Waals surface area contributed by atoms with E-state index in [9.17, 15) is 16.8 Å². The van der Waals surface area contributed by atoms with E-state index in [-0.39, 0.29) is 22.3 Å². The van der Waals surface area contributed by atoms with Gasteiger partial charge >= 0.3 is 0 Å². The van der Waals surface area contributed by atoms with Crippen LogP contribution in [0.3, 0.4) is 0 Å². The van der Waals surface area contributed by atoms with Crippen LogP contribution in [-0.4, -0.2) is 41.5 Å². The highest BCUT2D eigenvalue weighted by molar-refractivity contribution is 7.91. The van der Waals surface area contributed by atoms with Crippen molar-refractivity contribution in [2.45, 2.75) is 44.9 Å². The molecule has 1 fully saturated rings. The Bertz CT molecular complexity index is 816. The molecule has 0 aliphatic carbocycles. The maximum atomic E-state index is 12.5. The van der Waals surface area contributed by atoms with Crippen LogP contribution in [-0.2, 0) is 19.9 Å². The first-order valence-corrected chi connectivity index (χ1v) is 11.9. The predicted octanol–water partition coefficient (Wildman–Crippen LogP) is 2.20. The Labute approximate surface area is 150 Å². The number of rotatable bonds is 8. The summed E-state index contributed by atoms with van der Waals surface area (Å²) in [5.74, 6) is 1.34. The molecule has 25 heavy (non-hydrogen) atoms. The lowest BCUT2D eigenvalue weighted by Gasteiger charge is -2.14. The highest BCUT2D eigenvalue weighted by Crippen LogP contribution is 2.26. The summed E-state index contributed by atoms with van der Waals surface area (Å²) < 4.78 is 56.0. The number of sulfonamides is 1. The first-order valence-electron chi connectivity index (χ1n) is 8.59. The van der Waals surface area contributed by atoms with Gasteiger partial charge in [0.15, 0.2) is 9.84 Å². The molecular weight excluding hydrogens is 362 g/mol. The Hall–Kier alpha value is -1.12. The second-order valence-electron chi connectivity index (χ2n) is 6.63. The highest BCUT2D eigenvalue weighted by Gasteiger charge is 2.27. The van der Waals surface area contributed by atoms with Crippen molar-refractivity contribution in [2.24, 2.45) is 5.92 Å². The van der Waals surface area contributed by atoms with Crippen LogP contribution in [0.15, 0.2) is 17.0 Å². The number of ether oxygens (including phenoxy) is 1. The third kappa shape index (κ3) is 5.43. The Morgan fingerprint density at radius 1 is 1.24 bits per heavy atom. The second kappa shape index (κ2) is 8.05. The average Bonchev–Trinajstić information content (AvgIpc) is 2.86. The van der Waals surface area contributed by atoms with Crippen LogP contribution in [0.5, 0.6) is 5.75 Å². The molecular formula is C17H27NO5S2. The van der Waals surface area contributed by atoms with Gasteiger partial charge in [0.05, 0.1) is 23.0 Å². The topological polar surface area (TPSA) is 89.5 Å². The molecule has 2 rings (SSSR count). The summed E-state index contributed by atoms with van der Waals surface area (Å²) in [7, 11) is -6.46. The summed E-state index contributed by atoms with van der Waals surface area (Å²) in [5, 5.41) is 0. The van der Waals surface area contributed by atoms with Gasteiger partial charge in [0, 0.05) is 6.54 Å². The van der Waals surface area contributed by atoms with Crippen molar-refractivity contribution in [3.8, 4) is 5.75 Å². The van der Waals surface area contributed by atoms with Gasteiger partial charge in [0.25, 0.3) is 0 Å². The molecule has 0 radical (unpaired) electrons. The molecule has 1 aliphatic heterocycles. The van der Waals surface area contributed by atoms with Crippen LogP contribution in [0.1, 0.15) is 37.3 Å². The van der Waals surface area contributed by atoms with E-state index in [0.29, 0.717) is 37.3 Å². The molecule has 1 saturated heterocycles. The fourth-order valence-electron chi connectivity index (χ4n) is 3.14. The largest absolute Gasteiger partial charge is 0.494 e. The fraction of sp³-hybridized carbons (Fsp3) is 0.647. The minimum atomic E-state index is -3.59. The van der Waals surface area contributed by atoms with Crippen LogP contribution in [0, 0.1) is 19.8 Å². The van der Waals surface area contributed by atoms with Crippen LogP contribution >= 0.6 is 0 Å². The number of benzene rings is 1. The molecule has 8 heteroatoms. The van der Waals surface area contributed by atoms with E-state index in [0.717, 1.165) is 12.0 Å². The summed E-state index contributed by atoms with van der Waals surface area (Å²) in [6.45, 7) is 6.30. The SMILES string of the molecule is CCOc1cc(C)c(S(=O)(=O)NCCCC2CCS(=O)(=O)C2)cc1C. The van der Waals surface area contributed by atoms with Gasteiger partial charge in [-0.25, -0.2) is 21.6 Å². The van der Waals surface area contributed by atoms with Crippen LogP contribution in [0.2, 0.25) is 0 Å². The van der Waals surface area contributed by atoms with Crippen LogP contribution in [0.25, 0.3) is 0 Å². The van der Waals surface area contributed by atoms with E-state index in [4.69, 9.17) is 4.74 Å². The van der Waals surface area contributed by atoms with Crippen molar-refractivity contribution in [3.05, 3.63) is 23.3 Å². The van der Waals surface area contributed by atoms with Gasteiger partial charge < -0.3 is 4.74 Å². The molecule has 142 valence electrons. The Morgan fingerprint density at radius 3 is 2.56 bits per heavy atom. The predicted molar refractivity (Wildman–Crippen MR) is 98.3 cm³/mol. The molecule has 0 spiro atoms. The van der Waals surface area contributed by atoms with Crippen molar-refractivity contribution in [2.75, 3.05) is 24.7 Å². The summed E-state index contributed by atoms with van der Waals surface area (Å²) in [6, 6.07) is 3.38. The second-order valence-corrected chi connectivity index (χ2v) is 10.6. The van der Waals surface area contributed by atoms with Crippen molar-refractivity contribution in [1.29, 1.82) is 0 Å². The minimum absolute atomic E-state index is 0.156. The first-order chi connectivity index (χ1) is 11.6. The van der Waals surface area contributed by atoms with E-state index < -0.39 is 19.9 Å². The standard InChI is InChI=1S/C17H27NO5S2/c1-4-23-16-10-14(3)17(11-13(16)2)25(21,22)18-8-5-6-15-7-9-24(19,20)12-15/h10-11,15,18H,4-9,12H2,1-3H3. The van der Waals surface area contributed by atoms with Gasteiger partial charge in [-0.2, -0.15) is 0 Å². The number of hydrogen-bond acceptors (Lipinski definition) is 5. The van der Waals surface area contributed by atoms with Crippen LogP contribution < -0.4 is 9.46 Å². The van der Waals surface area contributed by atoms with E-state index in [1.165, 1.54) is 0 Å². The molecule has 1 aromatic rings. The molecule has 0 aromatic heterocycles. The normalized spacial score (nSPS) is 19.9. The summed E-state index contributed by atoms with van der Waals surface area (Å²) in [4.78, 5) is 0.261. The van der Waals surface area contributed by atoms with E-state index in [2.05, 4.69) is 4.72 Å². The quantitative estimate of drug-likeness (QED) is 0.689. The zero-order valence-electron chi connectivity index (χ0n) is 15.0. The monoisotopic (exact) mass is 389 g/mol. The van der Waals surface area contributed by atoms with Crippen LogP contribution in [0.4, 0.5) is 0 Å². The zero-order valence-corrected chi connectivity index (χ0v) is 16.7. The third-order valence-electron chi connectivity index (χ3n) is 4.47. The van der Waals surface area contributed by atoms with Gasteiger partial charge in [0.2, 0.25) is 10.0 Å². The number of sulfone groups is 1. The molecule has 1 heterocycles. The van der Waals surface area contributed by atoms with Gasteiger partial charge in [-0.15, -0.1) is 0 Å². The molecule has 1 N–H and O–H groups in total. The summed E-state index contributed by atoms with van der Waals surface area (Å²) in [6.07, 6.45) is 2.05. The van der Waals surface area contributed by atoms with E-state index in [1.54, 1.807) is 19.1 Å². The van der Waals surface area contributed by atoms with E-state index >= 15 is 0 Å². The average molecular weight is 390 g/mol. The summed E-state index contributed by atoms with van der Waals surface area (Å²) in [5.41, 5.74) is 1.42. The third-order valence-corrected chi connectivity index (χ3v) is 7.91. The molecule has 1 aromatic carbocycles. The van der Waals surface area contributed by atoms with E-state index in [1.807, 2.05) is 13.8 Å². The van der Waals surface area contributed by atoms with Gasteiger partial charge in [-0.05, 0) is 69.2 Å². The van der Waals surface area contributed by atoms with Gasteiger partial charge in [-0.1, -0.05) is 0 Å². The zero-order chi connectivity index (χ0) is 18.7. The molecule has 0 bridgehead atoms. The lowest BCUT2D eigenvalue weighted by atomic mass is 10.0. The molecule has 0 amide bonds. The molecule has 1 aliphatic rings. The van der Waals surface area contributed by atoms with Crippen molar-refractivity contribution < 1.29 is 21.6 Å². The maximum absolute atomic E-state index is 12.5. The number of nitrogens with one attached hydrogen (secondary N) is 1. The highest BCUT2D eigenvalue weighted by atomic mass is 32.2. The number of hydrogen-bond donors (Lipinski definition) is 1. The smallest absolute Gasteiger partial charge is 0.240 e. The Morgan fingerprint density at radius 2 is 1.96 bits per heavy atom. The Kier molecular flexibility index (Phi) is 6.51. The maximum Gasteiger partial charge on any atom is 0.240 e. The molecule has 1 unspecified atom stereocenters. The number of aryl methyl sites for hydroxylation is 2. The van der Waals surface area contributed by atoms with Gasteiger partial charge in [0.1, 0.15) is 5.75 Å². The van der Waals surface area contributed by atoms with Crippen molar-refractivity contribution in [3.63, 3.8) is 0 Å². The first kappa shape index (κ1) is 20.2. The van der Waals surface area contributed by atoms with Crippen molar-refractivity contribution in [1.82, 2.24) is 4.72 Å². The van der Waals surface area contributed by atoms with Gasteiger partial charge in [-0.3, -0.25) is 0 Å². The minimum Gasteiger partial charge on any atom is -0.494 e. The van der Waals surface area contributed by atoms with Crippen molar-refractivity contribution >= 4 is 19.9 Å². The summed E-state index contributed by atoms with van der Waals surface area (Å²) >= 11 is 0.